The third kappa shape index (κ3) is 2.89. The number of nitro benzene ring substituents is 1. The summed E-state index contributed by atoms with van der Waals surface area (Å²) in [5.74, 6) is 0.0514. The molecule has 0 radical (unpaired) electrons. The van der Waals surface area contributed by atoms with Crippen molar-refractivity contribution < 1.29 is 14.5 Å². The van der Waals surface area contributed by atoms with Gasteiger partial charge >= 0.3 is 5.69 Å². The van der Waals surface area contributed by atoms with Crippen LogP contribution in [0.2, 0.25) is 0 Å². The van der Waals surface area contributed by atoms with E-state index in [9.17, 15) is 14.9 Å². The standard InChI is InChI=1S/C15H19N3O4/c19-15(17-11-5-6-12(17)9-16-8-7-11)10-22-14-4-2-1-3-13(14)18(20)21/h1-4,11-12,16H,5-10H2. The van der Waals surface area contributed by atoms with Gasteiger partial charge in [0.15, 0.2) is 12.4 Å². The van der Waals surface area contributed by atoms with Crippen LogP contribution in [0.4, 0.5) is 5.69 Å². The van der Waals surface area contributed by atoms with E-state index in [-0.39, 0.29) is 36.0 Å². The molecule has 2 aliphatic rings. The predicted octanol–water partition coefficient (Wildman–Crippen LogP) is 1.33. The molecule has 1 aromatic carbocycles. The molecule has 0 aliphatic carbocycles. The van der Waals surface area contributed by atoms with Crippen LogP contribution in [0.15, 0.2) is 24.3 Å². The van der Waals surface area contributed by atoms with Crippen LogP contribution < -0.4 is 10.1 Å². The Balaban J connectivity index is 1.67. The van der Waals surface area contributed by atoms with Gasteiger partial charge in [0.1, 0.15) is 0 Å². The van der Waals surface area contributed by atoms with Gasteiger partial charge in [-0.25, -0.2) is 0 Å². The van der Waals surface area contributed by atoms with Crippen LogP contribution in [0.3, 0.4) is 0 Å². The Morgan fingerprint density at radius 1 is 1.32 bits per heavy atom. The van der Waals surface area contributed by atoms with E-state index in [1.54, 1.807) is 12.1 Å². The highest BCUT2D eigenvalue weighted by Crippen LogP contribution is 2.29. The summed E-state index contributed by atoms with van der Waals surface area (Å²) in [6, 6.07) is 6.61. The van der Waals surface area contributed by atoms with Crippen molar-refractivity contribution in [2.75, 3.05) is 19.7 Å². The SMILES string of the molecule is O=C(COc1ccccc1[N+](=O)[O-])N1C2CCNCC1CC2. The van der Waals surface area contributed by atoms with Crippen molar-refractivity contribution in [3.05, 3.63) is 34.4 Å². The number of amides is 1. The third-order valence-electron chi connectivity index (χ3n) is 4.36. The first-order valence-corrected chi connectivity index (χ1v) is 7.55. The van der Waals surface area contributed by atoms with E-state index in [1.165, 1.54) is 12.1 Å². The molecule has 0 aromatic heterocycles. The van der Waals surface area contributed by atoms with Crippen LogP contribution in [-0.2, 0) is 4.79 Å². The fraction of sp³-hybridized carbons (Fsp3) is 0.533. The van der Waals surface area contributed by atoms with Crippen molar-refractivity contribution in [3.8, 4) is 5.75 Å². The van der Waals surface area contributed by atoms with E-state index in [0.717, 1.165) is 32.4 Å². The van der Waals surface area contributed by atoms with Gasteiger partial charge in [-0.3, -0.25) is 14.9 Å². The number of hydrogen-bond acceptors (Lipinski definition) is 5. The fourth-order valence-electron chi connectivity index (χ4n) is 3.33. The van der Waals surface area contributed by atoms with E-state index >= 15 is 0 Å². The number of nitro groups is 1. The second kappa shape index (κ2) is 6.31. The predicted molar refractivity (Wildman–Crippen MR) is 79.7 cm³/mol. The Morgan fingerprint density at radius 3 is 2.91 bits per heavy atom. The van der Waals surface area contributed by atoms with E-state index in [0.29, 0.717) is 0 Å². The lowest BCUT2D eigenvalue weighted by Crippen LogP contribution is -2.44. The quantitative estimate of drug-likeness (QED) is 0.670. The molecule has 2 fully saturated rings. The zero-order valence-electron chi connectivity index (χ0n) is 12.2. The maximum Gasteiger partial charge on any atom is 0.310 e. The molecule has 1 aromatic rings. The molecule has 0 spiro atoms. The van der Waals surface area contributed by atoms with Gasteiger partial charge in [-0.05, 0) is 31.9 Å². The molecule has 2 aliphatic heterocycles. The molecule has 2 heterocycles. The second-order valence-corrected chi connectivity index (χ2v) is 5.69. The highest BCUT2D eigenvalue weighted by molar-refractivity contribution is 5.79. The maximum atomic E-state index is 12.5. The number of rotatable bonds is 4. The fourth-order valence-corrected chi connectivity index (χ4v) is 3.33. The first-order chi connectivity index (χ1) is 10.7. The average molecular weight is 305 g/mol. The van der Waals surface area contributed by atoms with Gasteiger partial charge in [0.25, 0.3) is 5.91 Å². The molecule has 22 heavy (non-hydrogen) atoms. The summed E-state index contributed by atoms with van der Waals surface area (Å²) in [6.45, 7) is 1.58. The van der Waals surface area contributed by atoms with Gasteiger partial charge in [0, 0.05) is 24.7 Å². The minimum atomic E-state index is -0.501. The average Bonchev–Trinajstić information content (AvgIpc) is 2.78. The third-order valence-corrected chi connectivity index (χ3v) is 4.36. The minimum Gasteiger partial charge on any atom is -0.477 e. The Morgan fingerprint density at radius 2 is 2.09 bits per heavy atom. The summed E-state index contributed by atoms with van der Waals surface area (Å²) in [7, 11) is 0. The summed E-state index contributed by atoms with van der Waals surface area (Å²) in [5, 5.41) is 14.3. The Bertz CT molecular complexity index is 564. The van der Waals surface area contributed by atoms with Crippen LogP contribution in [0, 0.1) is 10.1 Å². The molecule has 2 saturated heterocycles. The second-order valence-electron chi connectivity index (χ2n) is 5.69. The number of hydrogen-bond donors (Lipinski definition) is 1. The Hall–Kier alpha value is -2.15. The molecule has 2 bridgehead atoms. The van der Waals surface area contributed by atoms with Crippen LogP contribution in [0.1, 0.15) is 19.3 Å². The summed E-state index contributed by atoms with van der Waals surface area (Å²) in [6.07, 6.45) is 2.99. The molecule has 2 atom stereocenters. The molecular weight excluding hydrogens is 286 g/mol. The highest BCUT2D eigenvalue weighted by Gasteiger charge is 2.38. The molecule has 7 nitrogen and oxygen atoms in total. The molecule has 1 N–H and O–H groups in total. The number of nitrogens with one attached hydrogen (secondary N) is 1. The van der Waals surface area contributed by atoms with Crippen molar-refractivity contribution in [2.24, 2.45) is 0 Å². The van der Waals surface area contributed by atoms with Crippen molar-refractivity contribution in [3.63, 3.8) is 0 Å². The first-order valence-electron chi connectivity index (χ1n) is 7.55. The van der Waals surface area contributed by atoms with Crippen LogP contribution in [0.25, 0.3) is 0 Å². The van der Waals surface area contributed by atoms with E-state index in [2.05, 4.69) is 5.32 Å². The number of carbonyl (C=O) groups is 1. The number of fused-ring (bicyclic) bond motifs is 2. The minimum absolute atomic E-state index is 0.0886. The van der Waals surface area contributed by atoms with Gasteiger partial charge in [-0.2, -0.15) is 0 Å². The zero-order valence-corrected chi connectivity index (χ0v) is 12.2. The largest absolute Gasteiger partial charge is 0.477 e. The molecular formula is C15H19N3O4. The zero-order chi connectivity index (χ0) is 15.5. The smallest absolute Gasteiger partial charge is 0.310 e. The van der Waals surface area contributed by atoms with Gasteiger partial charge in [0.05, 0.1) is 4.92 Å². The number of nitrogens with zero attached hydrogens (tertiary/aromatic N) is 2. The lowest BCUT2D eigenvalue weighted by molar-refractivity contribution is -0.385. The Labute approximate surface area is 128 Å². The number of ether oxygens (including phenoxy) is 1. The summed E-state index contributed by atoms with van der Waals surface area (Å²) in [4.78, 5) is 24.8. The van der Waals surface area contributed by atoms with Crippen molar-refractivity contribution in [1.82, 2.24) is 10.2 Å². The monoisotopic (exact) mass is 305 g/mol. The topological polar surface area (TPSA) is 84.7 Å². The van der Waals surface area contributed by atoms with Crippen LogP contribution >= 0.6 is 0 Å². The van der Waals surface area contributed by atoms with E-state index in [4.69, 9.17) is 4.74 Å². The summed E-state index contributed by atoms with van der Waals surface area (Å²) < 4.78 is 5.43. The van der Waals surface area contributed by atoms with Crippen LogP contribution in [0.5, 0.6) is 5.75 Å². The van der Waals surface area contributed by atoms with E-state index in [1.807, 2.05) is 4.90 Å². The number of benzene rings is 1. The number of para-hydroxylation sites is 2. The van der Waals surface area contributed by atoms with Gasteiger partial charge in [-0.15, -0.1) is 0 Å². The van der Waals surface area contributed by atoms with Crippen molar-refractivity contribution in [1.29, 1.82) is 0 Å². The summed E-state index contributed by atoms with van der Waals surface area (Å²) >= 11 is 0. The lowest BCUT2D eigenvalue weighted by Gasteiger charge is -2.27. The van der Waals surface area contributed by atoms with Crippen LogP contribution in [-0.4, -0.2) is 47.5 Å². The molecule has 1 amide bonds. The molecule has 7 heteroatoms. The molecule has 118 valence electrons. The van der Waals surface area contributed by atoms with E-state index < -0.39 is 4.92 Å². The highest BCUT2D eigenvalue weighted by atomic mass is 16.6. The van der Waals surface area contributed by atoms with Gasteiger partial charge in [-0.1, -0.05) is 12.1 Å². The Kier molecular flexibility index (Phi) is 4.24. The molecule has 3 rings (SSSR count). The van der Waals surface area contributed by atoms with Crippen molar-refractivity contribution >= 4 is 11.6 Å². The first kappa shape index (κ1) is 14.8. The lowest BCUT2D eigenvalue weighted by atomic mass is 10.1. The van der Waals surface area contributed by atoms with Gasteiger partial charge < -0.3 is 15.0 Å². The van der Waals surface area contributed by atoms with Crippen molar-refractivity contribution in [2.45, 2.75) is 31.3 Å². The number of carbonyl (C=O) groups excluding carboxylic acids is 1. The maximum absolute atomic E-state index is 12.5. The normalized spacial score (nSPS) is 23.9. The molecule has 0 saturated carbocycles. The van der Waals surface area contributed by atoms with Gasteiger partial charge in [0.2, 0.25) is 0 Å². The molecule has 2 unspecified atom stereocenters. The summed E-state index contributed by atoms with van der Waals surface area (Å²) in [5.41, 5.74) is -0.115.